The summed E-state index contributed by atoms with van der Waals surface area (Å²) in [6, 6.07) is 19.5. The molecule has 178 valence electrons. The lowest BCUT2D eigenvalue weighted by Crippen LogP contribution is -2.20. The summed E-state index contributed by atoms with van der Waals surface area (Å²) in [5.74, 6) is -0.199. The molecule has 7 nitrogen and oxygen atoms in total. The second-order valence-corrected chi connectivity index (χ2v) is 8.91. The molecule has 0 saturated carbocycles. The van der Waals surface area contributed by atoms with E-state index in [2.05, 4.69) is 10.6 Å². The maximum Gasteiger partial charge on any atom is 0.266 e. The molecule has 0 spiro atoms. The first-order chi connectivity index (χ1) is 16.8. The van der Waals surface area contributed by atoms with E-state index in [4.69, 9.17) is 21.1 Å². The molecular formula is C26H21ClIN3O4. The van der Waals surface area contributed by atoms with Gasteiger partial charge in [0.15, 0.2) is 18.1 Å². The zero-order valence-electron chi connectivity index (χ0n) is 18.9. The van der Waals surface area contributed by atoms with Gasteiger partial charge in [0, 0.05) is 5.69 Å². The van der Waals surface area contributed by atoms with Crippen LogP contribution in [-0.4, -0.2) is 25.5 Å². The molecule has 0 fully saturated rings. The van der Waals surface area contributed by atoms with Crippen LogP contribution in [0.2, 0.25) is 5.02 Å². The van der Waals surface area contributed by atoms with Crippen LogP contribution in [0.4, 0.5) is 11.4 Å². The first-order valence-electron chi connectivity index (χ1n) is 10.3. The molecule has 3 aromatic carbocycles. The zero-order valence-corrected chi connectivity index (χ0v) is 21.8. The van der Waals surface area contributed by atoms with Crippen LogP contribution in [0.3, 0.4) is 0 Å². The number of carbonyl (C=O) groups is 2. The minimum absolute atomic E-state index is 0.0721. The summed E-state index contributed by atoms with van der Waals surface area (Å²) in [4.78, 5) is 24.9. The molecule has 0 heterocycles. The van der Waals surface area contributed by atoms with Crippen molar-refractivity contribution in [3.05, 3.63) is 86.0 Å². The third-order valence-electron chi connectivity index (χ3n) is 4.70. The summed E-state index contributed by atoms with van der Waals surface area (Å²) >= 11 is 8.11. The SMILES string of the molecule is COc1cc(/C=C(\C#N)C(=O)Nc2cccc(C)c2)cc(I)c1OCC(=O)Nc1ccccc1Cl. The van der Waals surface area contributed by atoms with Crippen molar-refractivity contribution in [2.75, 3.05) is 24.4 Å². The third kappa shape index (κ3) is 7.21. The first-order valence-corrected chi connectivity index (χ1v) is 11.8. The van der Waals surface area contributed by atoms with Crippen molar-refractivity contribution in [3.63, 3.8) is 0 Å². The minimum Gasteiger partial charge on any atom is -0.493 e. The average molecular weight is 602 g/mol. The Morgan fingerprint density at radius 2 is 1.89 bits per heavy atom. The largest absolute Gasteiger partial charge is 0.493 e. The van der Waals surface area contributed by atoms with Crippen LogP contribution in [0.1, 0.15) is 11.1 Å². The van der Waals surface area contributed by atoms with Gasteiger partial charge in [-0.2, -0.15) is 5.26 Å². The van der Waals surface area contributed by atoms with E-state index in [1.807, 2.05) is 53.8 Å². The monoisotopic (exact) mass is 601 g/mol. The number of rotatable bonds is 8. The summed E-state index contributed by atoms with van der Waals surface area (Å²) in [6.45, 7) is 1.64. The van der Waals surface area contributed by atoms with Crippen molar-refractivity contribution < 1.29 is 19.1 Å². The smallest absolute Gasteiger partial charge is 0.266 e. The average Bonchev–Trinajstić information content (AvgIpc) is 2.82. The minimum atomic E-state index is -0.524. The Hall–Kier alpha value is -3.55. The Labute approximate surface area is 221 Å². The summed E-state index contributed by atoms with van der Waals surface area (Å²) in [5, 5.41) is 15.4. The lowest BCUT2D eigenvalue weighted by Gasteiger charge is -2.14. The number of hydrogen-bond donors (Lipinski definition) is 2. The number of nitriles is 1. The van der Waals surface area contributed by atoms with E-state index in [1.165, 1.54) is 13.2 Å². The maximum atomic E-state index is 12.6. The molecule has 0 bridgehead atoms. The number of anilines is 2. The normalized spacial score (nSPS) is 10.8. The Bertz CT molecular complexity index is 1330. The lowest BCUT2D eigenvalue weighted by atomic mass is 10.1. The molecule has 9 heteroatoms. The summed E-state index contributed by atoms with van der Waals surface area (Å²) < 4.78 is 11.8. The van der Waals surface area contributed by atoms with Crippen molar-refractivity contribution in [3.8, 4) is 17.6 Å². The molecular weight excluding hydrogens is 581 g/mol. The van der Waals surface area contributed by atoms with E-state index >= 15 is 0 Å². The number of benzene rings is 3. The van der Waals surface area contributed by atoms with Crippen molar-refractivity contribution in [2.24, 2.45) is 0 Å². The lowest BCUT2D eigenvalue weighted by molar-refractivity contribution is -0.118. The van der Waals surface area contributed by atoms with Gasteiger partial charge in [-0.1, -0.05) is 35.9 Å². The molecule has 0 atom stereocenters. The van der Waals surface area contributed by atoms with Crippen LogP contribution in [0.25, 0.3) is 6.08 Å². The first kappa shape index (κ1) is 26.1. The number of hydrogen-bond acceptors (Lipinski definition) is 5. The molecule has 0 aliphatic carbocycles. The standard InChI is InChI=1S/C26H21ClIN3O4/c1-16-6-5-7-19(10-16)30-26(33)18(14-29)11-17-12-21(28)25(23(13-17)34-2)35-15-24(32)31-22-9-4-3-8-20(22)27/h3-13H,15H2,1-2H3,(H,30,33)(H,31,32)/b18-11+. The van der Waals surface area contributed by atoms with Gasteiger partial charge in [0.05, 0.1) is 21.4 Å². The van der Waals surface area contributed by atoms with Crippen LogP contribution in [0.5, 0.6) is 11.5 Å². The fraction of sp³-hybridized carbons (Fsp3) is 0.115. The Morgan fingerprint density at radius 3 is 2.57 bits per heavy atom. The van der Waals surface area contributed by atoms with E-state index in [-0.39, 0.29) is 18.1 Å². The van der Waals surface area contributed by atoms with E-state index in [0.29, 0.717) is 37.0 Å². The number of methoxy groups -OCH3 is 1. The molecule has 35 heavy (non-hydrogen) atoms. The molecule has 0 unspecified atom stereocenters. The van der Waals surface area contributed by atoms with Crippen LogP contribution in [-0.2, 0) is 9.59 Å². The number of amides is 2. The number of para-hydroxylation sites is 1. The van der Waals surface area contributed by atoms with Crippen molar-refractivity contribution in [1.82, 2.24) is 0 Å². The Balaban J connectivity index is 1.75. The Kier molecular flexibility index (Phi) is 9.11. The Morgan fingerprint density at radius 1 is 1.11 bits per heavy atom. The molecule has 0 radical (unpaired) electrons. The van der Waals surface area contributed by atoms with E-state index in [1.54, 1.807) is 42.5 Å². The number of halogens is 2. The molecule has 3 rings (SSSR count). The van der Waals surface area contributed by atoms with E-state index in [9.17, 15) is 14.9 Å². The van der Waals surface area contributed by atoms with Crippen molar-refractivity contribution >= 4 is 63.5 Å². The van der Waals surface area contributed by atoms with Gasteiger partial charge in [-0.3, -0.25) is 9.59 Å². The summed E-state index contributed by atoms with van der Waals surface area (Å²) in [7, 11) is 1.46. The predicted octanol–water partition coefficient (Wildman–Crippen LogP) is 5.82. The van der Waals surface area contributed by atoms with Crippen molar-refractivity contribution in [2.45, 2.75) is 6.92 Å². The van der Waals surface area contributed by atoms with Gasteiger partial charge < -0.3 is 20.1 Å². The quantitative estimate of drug-likeness (QED) is 0.192. The fourth-order valence-corrected chi connectivity index (χ4v) is 4.05. The molecule has 2 amide bonds. The second-order valence-electron chi connectivity index (χ2n) is 7.34. The summed E-state index contributed by atoms with van der Waals surface area (Å²) in [6.07, 6.45) is 1.46. The number of carbonyl (C=O) groups excluding carboxylic acids is 2. The zero-order chi connectivity index (χ0) is 25.4. The molecule has 2 N–H and O–H groups in total. The topological polar surface area (TPSA) is 100 Å². The van der Waals surface area contributed by atoms with Crippen LogP contribution in [0.15, 0.2) is 66.2 Å². The van der Waals surface area contributed by atoms with E-state index < -0.39 is 5.91 Å². The predicted molar refractivity (Wildman–Crippen MR) is 145 cm³/mol. The van der Waals surface area contributed by atoms with Gasteiger partial charge in [-0.25, -0.2) is 0 Å². The number of aryl methyl sites for hydroxylation is 1. The number of ether oxygens (including phenoxy) is 2. The van der Waals surface area contributed by atoms with Crippen molar-refractivity contribution in [1.29, 1.82) is 5.26 Å². The highest BCUT2D eigenvalue weighted by Gasteiger charge is 2.16. The van der Waals surface area contributed by atoms with Gasteiger partial charge in [0.25, 0.3) is 11.8 Å². The summed E-state index contributed by atoms with van der Waals surface area (Å²) in [5.41, 5.74) is 2.56. The second kappa shape index (κ2) is 12.2. The molecule has 0 aromatic heterocycles. The molecule has 3 aromatic rings. The van der Waals surface area contributed by atoms with E-state index in [0.717, 1.165) is 5.56 Å². The highest BCUT2D eigenvalue weighted by atomic mass is 127. The molecule has 0 saturated heterocycles. The fourth-order valence-electron chi connectivity index (χ4n) is 3.09. The maximum absolute atomic E-state index is 12.6. The molecule has 0 aliphatic heterocycles. The van der Waals surface area contributed by atoms with Gasteiger partial charge in [-0.15, -0.1) is 0 Å². The highest BCUT2D eigenvalue weighted by molar-refractivity contribution is 14.1. The number of nitrogens with one attached hydrogen (secondary N) is 2. The van der Waals surface area contributed by atoms with Gasteiger partial charge in [0.1, 0.15) is 11.6 Å². The number of nitrogens with zero attached hydrogens (tertiary/aromatic N) is 1. The third-order valence-corrected chi connectivity index (χ3v) is 5.83. The van der Waals surface area contributed by atoms with Gasteiger partial charge >= 0.3 is 0 Å². The van der Waals surface area contributed by atoms with Gasteiger partial charge in [-0.05, 0) is 83.1 Å². The van der Waals surface area contributed by atoms with Gasteiger partial charge in [0.2, 0.25) is 0 Å². The van der Waals surface area contributed by atoms with Crippen LogP contribution < -0.4 is 20.1 Å². The van der Waals surface area contributed by atoms with Crippen LogP contribution in [0, 0.1) is 21.8 Å². The van der Waals surface area contributed by atoms with Crippen LogP contribution >= 0.6 is 34.2 Å². The highest BCUT2D eigenvalue weighted by Crippen LogP contribution is 2.35. The molecule has 0 aliphatic rings.